The molecule has 0 unspecified atom stereocenters. The van der Waals surface area contributed by atoms with Crippen LogP contribution in [0.25, 0.3) is 0 Å². The molecule has 0 saturated heterocycles. The predicted molar refractivity (Wildman–Crippen MR) is 61.3 cm³/mol. The number of aryl methyl sites for hydroxylation is 1. The van der Waals surface area contributed by atoms with Gasteiger partial charge < -0.3 is 0 Å². The van der Waals surface area contributed by atoms with Crippen LogP contribution < -0.4 is 0 Å². The molecule has 0 aliphatic heterocycles. The largest absolute Gasteiger partial charge is 0.219 e. The molecule has 0 aliphatic carbocycles. The quantitative estimate of drug-likeness (QED) is 0.795. The van der Waals surface area contributed by atoms with Crippen LogP contribution in [0, 0.1) is 6.92 Å². The lowest BCUT2D eigenvalue weighted by molar-refractivity contribution is 0.602. The molecule has 1 aromatic carbocycles. The van der Waals surface area contributed by atoms with Crippen LogP contribution in [0.3, 0.4) is 0 Å². The Morgan fingerprint density at radius 3 is 2.29 bits per heavy atom. The zero-order valence-electron chi connectivity index (χ0n) is 7.83. The highest BCUT2D eigenvalue weighted by atomic mass is 79.9. The lowest BCUT2D eigenvalue weighted by Crippen LogP contribution is -2.04. The molecular formula is C10H11BrO2S. The molecule has 0 amide bonds. The van der Waals surface area contributed by atoms with Crippen LogP contribution >= 0.6 is 15.9 Å². The molecule has 0 aromatic heterocycles. The van der Waals surface area contributed by atoms with Gasteiger partial charge in [0.2, 0.25) is 9.84 Å². The normalized spacial score (nSPS) is 11.3. The summed E-state index contributed by atoms with van der Waals surface area (Å²) < 4.78 is 23.5. The average Bonchev–Trinajstić information content (AvgIpc) is 2.17. The van der Waals surface area contributed by atoms with Crippen LogP contribution in [-0.4, -0.2) is 13.7 Å². The number of rotatable bonds is 3. The van der Waals surface area contributed by atoms with Crippen molar-refractivity contribution < 1.29 is 8.42 Å². The van der Waals surface area contributed by atoms with Crippen LogP contribution in [0.15, 0.2) is 40.6 Å². The van der Waals surface area contributed by atoms with Gasteiger partial charge in [0.25, 0.3) is 0 Å². The van der Waals surface area contributed by atoms with Crippen molar-refractivity contribution in [3.8, 4) is 0 Å². The molecule has 0 bridgehead atoms. The second-order valence-electron chi connectivity index (χ2n) is 2.99. The summed E-state index contributed by atoms with van der Waals surface area (Å²) in [5.41, 5.74) is 1.04. The first-order chi connectivity index (χ1) is 6.48. The van der Waals surface area contributed by atoms with E-state index in [0.29, 0.717) is 4.90 Å². The van der Waals surface area contributed by atoms with Gasteiger partial charge in [0.1, 0.15) is 0 Å². The monoisotopic (exact) mass is 274 g/mol. The first kappa shape index (κ1) is 11.5. The second-order valence-corrected chi connectivity index (χ2v) is 5.61. The summed E-state index contributed by atoms with van der Waals surface area (Å²) in [6, 6.07) is 6.74. The van der Waals surface area contributed by atoms with Gasteiger partial charge in [-0.1, -0.05) is 40.2 Å². The van der Waals surface area contributed by atoms with E-state index in [-0.39, 0.29) is 10.2 Å². The maximum Gasteiger partial charge on any atom is 0.203 e. The van der Waals surface area contributed by atoms with Gasteiger partial charge in [0, 0.05) is 5.33 Å². The molecule has 0 spiro atoms. The minimum atomic E-state index is -3.35. The lowest BCUT2D eigenvalue weighted by atomic mass is 10.2. The number of halogens is 1. The highest BCUT2D eigenvalue weighted by Crippen LogP contribution is 2.19. The Balaban J connectivity index is 3.18. The molecule has 0 atom stereocenters. The summed E-state index contributed by atoms with van der Waals surface area (Å²) in [4.78, 5) is 0.480. The molecule has 14 heavy (non-hydrogen) atoms. The van der Waals surface area contributed by atoms with Crippen molar-refractivity contribution in [3.63, 3.8) is 0 Å². The van der Waals surface area contributed by atoms with Gasteiger partial charge >= 0.3 is 0 Å². The highest BCUT2D eigenvalue weighted by Gasteiger charge is 2.16. The van der Waals surface area contributed by atoms with E-state index in [0.717, 1.165) is 5.56 Å². The summed E-state index contributed by atoms with van der Waals surface area (Å²) >= 11 is 3.08. The summed E-state index contributed by atoms with van der Waals surface area (Å²) in [6.45, 7) is 5.42. The molecule has 0 saturated carbocycles. The predicted octanol–water partition coefficient (Wildman–Crippen LogP) is 2.68. The Bertz CT molecular complexity index is 432. The number of alkyl halides is 1. The van der Waals surface area contributed by atoms with Gasteiger partial charge in [-0.25, -0.2) is 8.42 Å². The van der Waals surface area contributed by atoms with Crippen molar-refractivity contribution in [1.29, 1.82) is 0 Å². The van der Waals surface area contributed by atoms with Crippen LogP contribution in [-0.2, 0) is 9.84 Å². The molecule has 1 aromatic rings. The van der Waals surface area contributed by atoms with Crippen molar-refractivity contribution in [2.75, 3.05) is 5.33 Å². The van der Waals surface area contributed by atoms with E-state index in [2.05, 4.69) is 22.5 Å². The van der Waals surface area contributed by atoms with Gasteiger partial charge in [-0.3, -0.25) is 0 Å². The number of hydrogen-bond acceptors (Lipinski definition) is 2. The lowest BCUT2D eigenvalue weighted by Gasteiger charge is -2.04. The van der Waals surface area contributed by atoms with E-state index in [1.54, 1.807) is 24.3 Å². The van der Waals surface area contributed by atoms with Gasteiger partial charge in [-0.2, -0.15) is 0 Å². The van der Waals surface area contributed by atoms with Crippen LogP contribution in [0.5, 0.6) is 0 Å². The van der Waals surface area contributed by atoms with Crippen molar-refractivity contribution >= 4 is 25.8 Å². The summed E-state index contributed by atoms with van der Waals surface area (Å²) in [7, 11) is -3.35. The average molecular weight is 275 g/mol. The topological polar surface area (TPSA) is 34.1 Å². The molecule has 4 heteroatoms. The minimum absolute atomic E-state index is 0.182. The Kier molecular flexibility index (Phi) is 3.50. The number of hydrogen-bond donors (Lipinski definition) is 0. The van der Waals surface area contributed by atoms with Crippen molar-refractivity contribution in [2.45, 2.75) is 11.8 Å². The fourth-order valence-corrected chi connectivity index (χ4v) is 2.83. The van der Waals surface area contributed by atoms with Crippen molar-refractivity contribution in [1.82, 2.24) is 0 Å². The summed E-state index contributed by atoms with van der Waals surface area (Å²) in [5.74, 6) is 0. The summed E-state index contributed by atoms with van der Waals surface area (Å²) in [6.07, 6.45) is 0. The molecule has 0 heterocycles. The van der Waals surface area contributed by atoms with Gasteiger partial charge in [-0.15, -0.1) is 0 Å². The van der Waals surface area contributed by atoms with Gasteiger partial charge in [0.05, 0.1) is 9.80 Å². The fraction of sp³-hybridized carbons (Fsp3) is 0.200. The zero-order chi connectivity index (χ0) is 10.8. The van der Waals surface area contributed by atoms with E-state index in [9.17, 15) is 8.42 Å². The number of allylic oxidation sites excluding steroid dienone is 1. The number of benzene rings is 1. The third-order valence-corrected chi connectivity index (χ3v) is 4.71. The van der Waals surface area contributed by atoms with E-state index in [1.807, 2.05) is 6.92 Å². The Morgan fingerprint density at radius 1 is 1.36 bits per heavy atom. The Labute approximate surface area is 92.7 Å². The van der Waals surface area contributed by atoms with E-state index >= 15 is 0 Å². The number of sulfone groups is 1. The standard InChI is InChI=1S/C10H11BrO2S/c1-8-3-5-10(6-4-8)14(12,13)9(2)7-11/h3-6H,2,7H2,1H3. The third-order valence-electron chi connectivity index (χ3n) is 1.86. The second kappa shape index (κ2) is 4.28. The van der Waals surface area contributed by atoms with Gasteiger partial charge in [-0.05, 0) is 19.1 Å². The van der Waals surface area contributed by atoms with Gasteiger partial charge in [0.15, 0.2) is 0 Å². The molecule has 76 valence electrons. The smallest absolute Gasteiger partial charge is 0.203 e. The first-order valence-electron chi connectivity index (χ1n) is 4.04. The first-order valence-corrected chi connectivity index (χ1v) is 6.64. The Morgan fingerprint density at radius 2 is 1.86 bits per heavy atom. The highest BCUT2D eigenvalue weighted by molar-refractivity contribution is 9.09. The SMILES string of the molecule is C=C(CBr)S(=O)(=O)c1ccc(C)cc1. The molecule has 0 fully saturated rings. The van der Waals surface area contributed by atoms with Crippen LogP contribution in [0.2, 0.25) is 0 Å². The maximum absolute atomic E-state index is 11.7. The zero-order valence-corrected chi connectivity index (χ0v) is 10.2. The molecule has 0 aliphatic rings. The van der Waals surface area contributed by atoms with E-state index in [1.165, 1.54) is 0 Å². The molecule has 1 rings (SSSR count). The molecule has 0 N–H and O–H groups in total. The summed E-state index contributed by atoms with van der Waals surface area (Å²) in [5, 5.41) is 0.267. The van der Waals surface area contributed by atoms with E-state index < -0.39 is 9.84 Å². The van der Waals surface area contributed by atoms with Crippen molar-refractivity contribution in [2.24, 2.45) is 0 Å². The van der Waals surface area contributed by atoms with Crippen LogP contribution in [0.1, 0.15) is 5.56 Å². The van der Waals surface area contributed by atoms with E-state index in [4.69, 9.17) is 0 Å². The van der Waals surface area contributed by atoms with Crippen molar-refractivity contribution in [3.05, 3.63) is 41.3 Å². The molecule has 0 radical (unpaired) electrons. The molecular weight excluding hydrogens is 264 g/mol. The fourth-order valence-electron chi connectivity index (χ4n) is 0.956. The minimum Gasteiger partial charge on any atom is -0.219 e. The molecule has 2 nitrogen and oxygen atoms in total. The third kappa shape index (κ3) is 2.25. The van der Waals surface area contributed by atoms with Crippen LogP contribution in [0.4, 0.5) is 0 Å². The Hall–Kier alpha value is -0.610. The maximum atomic E-state index is 11.7.